The van der Waals surface area contributed by atoms with E-state index in [0.717, 1.165) is 22.6 Å². The standard InChI is InChI=1S/C21H18N2O/c22-15-20(23-18-11-5-2-6-12-18)19-13-7-8-14-21(19)24-16-17-9-3-1-4-10-17/h1-14,20,23H,16H2/t20-/m0/s1. The summed E-state index contributed by atoms with van der Waals surface area (Å²) in [5.74, 6) is 0.719. The number of rotatable bonds is 6. The number of ether oxygens (including phenoxy) is 1. The van der Waals surface area contributed by atoms with E-state index in [1.165, 1.54) is 0 Å². The Morgan fingerprint density at radius 3 is 2.17 bits per heavy atom. The summed E-state index contributed by atoms with van der Waals surface area (Å²) >= 11 is 0. The van der Waals surface area contributed by atoms with Crippen LogP contribution in [0.15, 0.2) is 84.9 Å². The first-order valence-electron chi connectivity index (χ1n) is 7.83. The van der Waals surface area contributed by atoms with Crippen molar-refractivity contribution in [1.29, 1.82) is 5.26 Å². The van der Waals surface area contributed by atoms with Crippen molar-refractivity contribution in [2.45, 2.75) is 12.6 Å². The Kier molecular flexibility index (Phi) is 5.11. The van der Waals surface area contributed by atoms with Crippen LogP contribution in [0, 0.1) is 11.3 Å². The number of para-hydroxylation sites is 2. The Hall–Kier alpha value is -3.25. The molecular formula is C21H18N2O. The minimum Gasteiger partial charge on any atom is -0.489 e. The number of hydrogen-bond acceptors (Lipinski definition) is 3. The molecule has 0 radical (unpaired) electrons. The molecule has 3 rings (SSSR count). The fourth-order valence-corrected chi connectivity index (χ4v) is 2.47. The number of nitrogens with one attached hydrogen (secondary N) is 1. The van der Waals surface area contributed by atoms with Crippen LogP contribution in [0.3, 0.4) is 0 Å². The molecule has 24 heavy (non-hydrogen) atoms. The Labute approximate surface area is 142 Å². The summed E-state index contributed by atoms with van der Waals surface area (Å²) in [5, 5.41) is 12.8. The minimum absolute atomic E-state index is 0.473. The maximum atomic E-state index is 9.58. The average molecular weight is 314 g/mol. The van der Waals surface area contributed by atoms with E-state index in [0.29, 0.717) is 6.61 Å². The molecule has 0 heterocycles. The highest BCUT2D eigenvalue weighted by atomic mass is 16.5. The Morgan fingerprint density at radius 2 is 1.46 bits per heavy atom. The van der Waals surface area contributed by atoms with Gasteiger partial charge in [-0.15, -0.1) is 0 Å². The summed E-state index contributed by atoms with van der Waals surface area (Å²) in [6, 6.07) is 29.2. The van der Waals surface area contributed by atoms with Crippen LogP contribution >= 0.6 is 0 Å². The van der Waals surface area contributed by atoms with Gasteiger partial charge in [-0.1, -0.05) is 66.7 Å². The Bertz CT molecular complexity index is 810. The zero-order valence-electron chi connectivity index (χ0n) is 13.2. The lowest BCUT2D eigenvalue weighted by Gasteiger charge is -2.17. The van der Waals surface area contributed by atoms with E-state index in [-0.39, 0.29) is 0 Å². The van der Waals surface area contributed by atoms with Crippen molar-refractivity contribution >= 4 is 5.69 Å². The Balaban J connectivity index is 1.78. The van der Waals surface area contributed by atoms with Gasteiger partial charge in [-0.2, -0.15) is 5.26 Å². The van der Waals surface area contributed by atoms with Gasteiger partial charge >= 0.3 is 0 Å². The van der Waals surface area contributed by atoms with Gasteiger partial charge in [0.25, 0.3) is 0 Å². The van der Waals surface area contributed by atoms with Crippen molar-refractivity contribution in [3.63, 3.8) is 0 Å². The number of nitrogens with zero attached hydrogens (tertiary/aromatic N) is 1. The van der Waals surface area contributed by atoms with Crippen LogP contribution in [-0.4, -0.2) is 0 Å². The van der Waals surface area contributed by atoms with E-state index in [9.17, 15) is 5.26 Å². The maximum absolute atomic E-state index is 9.58. The first kappa shape index (κ1) is 15.6. The van der Waals surface area contributed by atoms with Gasteiger partial charge in [0, 0.05) is 11.3 Å². The second kappa shape index (κ2) is 7.85. The third-order valence-electron chi connectivity index (χ3n) is 3.68. The lowest BCUT2D eigenvalue weighted by Crippen LogP contribution is -2.10. The van der Waals surface area contributed by atoms with E-state index in [1.54, 1.807) is 0 Å². The van der Waals surface area contributed by atoms with Crippen molar-refractivity contribution < 1.29 is 4.74 Å². The van der Waals surface area contributed by atoms with Crippen molar-refractivity contribution in [3.8, 4) is 11.8 Å². The van der Waals surface area contributed by atoms with Crippen LogP contribution < -0.4 is 10.1 Å². The van der Waals surface area contributed by atoms with Crippen LogP contribution in [0.2, 0.25) is 0 Å². The van der Waals surface area contributed by atoms with E-state index in [2.05, 4.69) is 11.4 Å². The summed E-state index contributed by atoms with van der Waals surface area (Å²) in [7, 11) is 0. The maximum Gasteiger partial charge on any atom is 0.143 e. The van der Waals surface area contributed by atoms with Gasteiger partial charge < -0.3 is 10.1 Å². The molecule has 3 aromatic rings. The molecule has 0 amide bonds. The fraction of sp³-hybridized carbons (Fsp3) is 0.0952. The van der Waals surface area contributed by atoms with Crippen LogP contribution in [0.4, 0.5) is 5.69 Å². The molecule has 0 unspecified atom stereocenters. The van der Waals surface area contributed by atoms with Crippen molar-refractivity contribution in [2.75, 3.05) is 5.32 Å². The predicted octanol–water partition coefficient (Wildman–Crippen LogP) is 4.94. The summed E-state index contributed by atoms with van der Waals surface area (Å²) in [5.41, 5.74) is 2.83. The molecule has 0 aliphatic carbocycles. The molecule has 0 spiro atoms. The van der Waals surface area contributed by atoms with E-state index >= 15 is 0 Å². The van der Waals surface area contributed by atoms with E-state index in [4.69, 9.17) is 4.74 Å². The molecule has 0 fully saturated rings. The highest BCUT2D eigenvalue weighted by Gasteiger charge is 2.15. The van der Waals surface area contributed by atoms with Crippen molar-refractivity contribution in [2.24, 2.45) is 0 Å². The molecule has 0 bridgehead atoms. The predicted molar refractivity (Wildman–Crippen MR) is 95.6 cm³/mol. The van der Waals surface area contributed by atoms with Gasteiger partial charge in [0.1, 0.15) is 18.4 Å². The largest absolute Gasteiger partial charge is 0.489 e. The Morgan fingerprint density at radius 1 is 0.833 bits per heavy atom. The van der Waals surface area contributed by atoms with Crippen LogP contribution in [0.5, 0.6) is 5.75 Å². The summed E-state index contributed by atoms with van der Waals surface area (Å²) in [6.07, 6.45) is 0. The van der Waals surface area contributed by atoms with Gasteiger partial charge in [-0.25, -0.2) is 0 Å². The first-order valence-corrected chi connectivity index (χ1v) is 7.83. The molecule has 3 heteroatoms. The third kappa shape index (κ3) is 3.93. The van der Waals surface area contributed by atoms with Gasteiger partial charge in [0.2, 0.25) is 0 Å². The molecule has 3 aromatic carbocycles. The monoisotopic (exact) mass is 314 g/mol. The van der Waals surface area contributed by atoms with Crippen LogP contribution in [0.25, 0.3) is 0 Å². The molecule has 0 saturated carbocycles. The first-order chi connectivity index (χ1) is 11.9. The quantitative estimate of drug-likeness (QED) is 0.700. The zero-order valence-corrected chi connectivity index (χ0v) is 13.2. The topological polar surface area (TPSA) is 45.0 Å². The molecular weight excluding hydrogens is 296 g/mol. The summed E-state index contributed by atoms with van der Waals surface area (Å²) in [6.45, 7) is 0.474. The lowest BCUT2D eigenvalue weighted by molar-refractivity contribution is 0.302. The van der Waals surface area contributed by atoms with Crippen molar-refractivity contribution in [1.82, 2.24) is 0 Å². The molecule has 0 aliphatic heterocycles. The van der Waals surface area contributed by atoms with E-state index in [1.807, 2.05) is 84.9 Å². The number of benzene rings is 3. The number of hydrogen-bond donors (Lipinski definition) is 1. The molecule has 1 atom stereocenters. The highest BCUT2D eigenvalue weighted by Crippen LogP contribution is 2.28. The van der Waals surface area contributed by atoms with Crippen molar-refractivity contribution in [3.05, 3.63) is 96.1 Å². The minimum atomic E-state index is -0.473. The normalized spacial score (nSPS) is 11.3. The second-order valence-corrected chi connectivity index (χ2v) is 5.38. The van der Waals surface area contributed by atoms with E-state index < -0.39 is 6.04 Å². The fourth-order valence-electron chi connectivity index (χ4n) is 2.47. The SMILES string of the molecule is N#C[C@H](Nc1ccccc1)c1ccccc1OCc1ccccc1. The molecule has 0 aromatic heterocycles. The van der Waals surface area contributed by atoms with Gasteiger partial charge in [-0.05, 0) is 23.8 Å². The third-order valence-corrected chi connectivity index (χ3v) is 3.68. The van der Waals surface area contributed by atoms with Crippen LogP contribution in [-0.2, 0) is 6.61 Å². The zero-order chi connectivity index (χ0) is 16.6. The summed E-state index contributed by atoms with van der Waals surface area (Å²) in [4.78, 5) is 0. The number of nitriles is 1. The smallest absolute Gasteiger partial charge is 0.143 e. The molecule has 3 nitrogen and oxygen atoms in total. The van der Waals surface area contributed by atoms with Gasteiger partial charge in [-0.3, -0.25) is 0 Å². The lowest BCUT2D eigenvalue weighted by atomic mass is 10.1. The second-order valence-electron chi connectivity index (χ2n) is 5.38. The molecule has 1 N–H and O–H groups in total. The van der Waals surface area contributed by atoms with Gasteiger partial charge in [0.05, 0.1) is 6.07 Å². The highest BCUT2D eigenvalue weighted by molar-refractivity contribution is 5.50. The number of anilines is 1. The molecule has 0 aliphatic rings. The molecule has 0 saturated heterocycles. The van der Waals surface area contributed by atoms with Crippen LogP contribution in [0.1, 0.15) is 17.2 Å². The molecule has 118 valence electrons. The summed E-state index contributed by atoms with van der Waals surface area (Å²) < 4.78 is 5.95. The van der Waals surface area contributed by atoms with Gasteiger partial charge in [0.15, 0.2) is 0 Å². The average Bonchev–Trinajstić information content (AvgIpc) is 2.66.